The standard InChI is InChI=1S/C24H28F4N2O4S/c25-18-7-1-15(2-8-18)22-13-20(31)14-30(22)23(32)16-3-9-19(10-4-16)29-35(33,34)21-11-5-17(6-12-21)24(26,27)28/h1,5-7,11-12,16,19-20,22,29,31H,2-4,8-10,13-14H2/t16-,19-,20?,22-/m1/s1. The third-order valence-electron chi connectivity index (χ3n) is 7.01. The number of benzene rings is 1. The summed E-state index contributed by atoms with van der Waals surface area (Å²) >= 11 is 0. The highest BCUT2D eigenvalue weighted by molar-refractivity contribution is 7.89. The number of amides is 1. The zero-order valence-electron chi connectivity index (χ0n) is 19.0. The maximum atomic E-state index is 13.4. The summed E-state index contributed by atoms with van der Waals surface area (Å²) in [5.74, 6) is -0.611. The van der Waals surface area contributed by atoms with Crippen LogP contribution >= 0.6 is 0 Å². The van der Waals surface area contributed by atoms with Gasteiger partial charge in [-0.15, -0.1) is 0 Å². The zero-order valence-corrected chi connectivity index (χ0v) is 19.8. The summed E-state index contributed by atoms with van der Waals surface area (Å²) in [4.78, 5) is 14.7. The fraction of sp³-hybridized carbons (Fsp3) is 0.542. The minimum absolute atomic E-state index is 0.0912. The van der Waals surface area contributed by atoms with E-state index in [0.29, 0.717) is 38.5 Å². The van der Waals surface area contributed by atoms with Crippen molar-refractivity contribution in [3.05, 3.63) is 53.4 Å². The second-order valence-corrected chi connectivity index (χ2v) is 11.2. The number of likely N-dealkylation sites (tertiary alicyclic amines) is 1. The predicted octanol–water partition coefficient (Wildman–Crippen LogP) is 4.08. The van der Waals surface area contributed by atoms with E-state index in [-0.39, 0.29) is 41.6 Å². The van der Waals surface area contributed by atoms with Gasteiger partial charge in [0.25, 0.3) is 0 Å². The smallest absolute Gasteiger partial charge is 0.391 e. The maximum Gasteiger partial charge on any atom is 0.416 e. The molecule has 2 fully saturated rings. The molecule has 6 nitrogen and oxygen atoms in total. The van der Waals surface area contributed by atoms with Gasteiger partial charge in [-0.05, 0) is 74.4 Å². The van der Waals surface area contributed by atoms with Crippen molar-refractivity contribution >= 4 is 15.9 Å². The van der Waals surface area contributed by atoms with Gasteiger partial charge in [0.05, 0.1) is 22.6 Å². The SMILES string of the molecule is O=C([C@H]1CC[C@H](NS(=O)(=O)c2ccc(C(F)(F)F)cc2)CC1)N1CC(O)C[C@@H]1C1=CC=C(F)CC1. The fourth-order valence-electron chi connectivity index (χ4n) is 5.12. The molecule has 1 aromatic carbocycles. The third kappa shape index (κ3) is 5.95. The molecule has 1 aliphatic heterocycles. The zero-order chi connectivity index (χ0) is 25.4. The van der Waals surface area contributed by atoms with E-state index in [2.05, 4.69) is 4.72 Å². The minimum Gasteiger partial charge on any atom is -0.391 e. The predicted molar refractivity (Wildman–Crippen MR) is 120 cm³/mol. The summed E-state index contributed by atoms with van der Waals surface area (Å²) < 4.78 is 79.4. The van der Waals surface area contributed by atoms with Crippen LogP contribution in [0.4, 0.5) is 17.6 Å². The first kappa shape index (κ1) is 25.8. The number of aliphatic hydroxyl groups excluding tert-OH is 1. The van der Waals surface area contributed by atoms with Crippen LogP contribution in [0.5, 0.6) is 0 Å². The monoisotopic (exact) mass is 516 g/mol. The summed E-state index contributed by atoms with van der Waals surface area (Å²) in [6, 6.07) is 2.63. The number of carbonyl (C=O) groups is 1. The number of nitrogens with one attached hydrogen (secondary N) is 1. The molecule has 1 saturated heterocycles. The summed E-state index contributed by atoms with van der Waals surface area (Å²) in [6.45, 7) is 0.216. The quantitative estimate of drug-likeness (QED) is 0.578. The van der Waals surface area contributed by atoms with Gasteiger partial charge >= 0.3 is 6.18 Å². The van der Waals surface area contributed by atoms with Crippen LogP contribution in [0.2, 0.25) is 0 Å². The molecule has 0 aromatic heterocycles. The first-order chi connectivity index (χ1) is 16.4. The molecule has 1 unspecified atom stereocenters. The Morgan fingerprint density at radius 1 is 1.03 bits per heavy atom. The Balaban J connectivity index is 1.35. The van der Waals surface area contributed by atoms with Crippen LogP contribution in [0.1, 0.15) is 50.5 Å². The average Bonchev–Trinajstić information content (AvgIpc) is 3.20. The van der Waals surface area contributed by atoms with Crippen molar-refractivity contribution in [2.24, 2.45) is 5.92 Å². The van der Waals surface area contributed by atoms with E-state index in [1.54, 1.807) is 11.0 Å². The second kappa shape index (κ2) is 10.0. The highest BCUT2D eigenvalue weighted by atomic mass is 32.2. The molecule has 3 aliphatic rings. The molecular weight excluding hydrogens is 488 g/mol. The Labute approximate surface area is 201 Å². The summed E-state index contributed by atoms with van der Waals surface area (Å²) in [5, 5.41) is 10.2. The summed E-state index contributed by atoms with van der Waals surface area (Å²) in [7, 11) is -4.00. The third-order valence-corrected chi connectivity index (χ3v) is 8.55. The molecule has 1 aromatic rings. The Bertz CT molecular complexity index is 1110. The van der Waals surface area contributed by atoms with Crippen LogP contribution in [-0.2, 0) is 21.0 Å². The molecule has 2 N–H and O–H groups in total. The maximum absolute atomic E-state index is 13.4. The van der Waals surface area contributed by atoms with Crippen molar-refractivity contribution < 1.29 is 35.9 Å². The molecule has 0 spiro atoms. The lowest BCUT2D eigenvalue weighted by atomic mass is 9.85. The van der Waals surface area contributed by atoms with Gasteiger partial charge in [0.1, 0.15) is 5.83 Å². The lowest BCUT2D eigenvalue weighted by molar-refractivity contribution is -0.138. The summed E-state index contributed by atoms with van der Waals surface area (Å²) in [6.07, 6.45) is 0.815. The van der Waals surface area contributed by atoms with Gasteiger partial charge in [0.2, 0.25) is 15.9 Å². The lowest BCUT2D eigenvalue weighted by Gasteiger charge is -2.34. The minimum atomic E-state index is -4.55. The van der Waals surface area contributed by atoms with E-state index in [4.69, 9.17) is 0 Å². The van der Waals surface area contributed by atoms with Gasteiger partial charge in [0, 0.05) is 24.9 Å². The molecule has 0 radical (unpaired) electrons. The van der Waals surface area contributed by atoms with Crippen LogP contribution in [0.15, 0.2) is 52.7 Å². The lowest BCUT2D eigenvalue weighted by Crippen LogP contribution is -2.44. The van der Waals surface area contributed by atoms with Crippen molar-refractivity contribution in [2.75, 3.05) is 6.54 Å². The van der Waals surface area contributed by atoms with E-state index in [1.807, 2.05) is 0 Å². The van der Waals surface area contributed by atoms with Crippen molar-refractivity contribution in [2.45, 2.75) is 74.2 Å². The topological polar surface area (TPSA) is 86.7 Å². The number of nitrogens with zero attached hydrogens (tertiary/aromatic N) is 1. The number of hydrogen-bond donors (Lipinski definition) is 2. The number of sulfonamides is 1. The molecule has 1 saturated carbocycles. The average molecular weight is 517 g/mol. The molecule has 2 aliphatic carbocycles. The first-order valence-electron chi connectivity index (χ1n) is 11.7. The van der Waals surface area contributed by atoms with Crippen LogP contribution in [0.3, 0.4) is 0 Å². The largest absolute Gasteiger partial charge is 0.416 e. The second-order valence-electron chi connectivity index (χ2n) is 9.44. The number of halogens is 4. The Hall–Kier alpha value is -2.24. The number of aliphatic hydroxyl groups is 1. The fourth-order valence-corrected chi connectivity index (χ4v) is 6.42. The molecular formula is C24H28F4N2O4S. The van der Waals surface area contributed by atoms with Gasteiger partial charge in [-0.25, -0.2) is 17.5 Å². The van der Waals surface area contributed by atoms with E-state index < -0.39 is 33.9 Å². The van der Waals surface area contributed by atoms with Gasteiger partial charge < -0.3 is 10.0 Å². The number of β-amino-alcohol motifs (C(OH)–C–C–N with tert-alkyl or cyclic N) is 1. The van der Waals surface area contributed by atoms with Crippen molar-refractivity contribution in [3.8, 4) is 0 Å². The first-order valence-corrected chi connectivity index (χ1v) is 13.2. The number of allylic oxidation sites excluding steroid dienone is 3. The molecule has 1 amide bonds. The molecule has 4 rings (SSSR count). The van der Waals surface area contributed by atoms with Gasteiger partial charge in [-0.1, -0.05) is 6.08 Å². The number of alkyl halides is 3. The van der Waals surface area contributed by atoms with Crippen molar-refractivity contribution in [3.63, 3.8) is 0 Å². The molecule has 2 atom stereocenters. The summed E-state index contributed by atoms with van der Waals surface area (Å²) in [5.41, 5.74) is 0.000222. The van der Waals surface area contributed by atoms with Crippen molar-refractivity contribution in [1.29, 1.82) is 0 Å². The number of rotatable bonds is 5. The Morgan fingerprint density at radius 2 is 1.69 bits per heavy atom. The molecule has 11 heteroatoms. The number of carbonyl (C=O) groups excluding carboxylic acids is 1. The highest BCUT2D eigenvalue weighted by Gasteiger charge is 2.40. The van der Waals surface area contributed by atoms with E-state index in [1.165, 1.54) is 6.08 Å². The molecule has 0 bridgehead atoms. The van der Waals surface area contributed by atoms with Crippen LogP contribution in [0, 0.1) is 5.92 Å². The van der Waals surface area contributed by atoms with Crippen LogP contribution in [0.25, 0.3) is 0 Å². The van der Waals surface area contributed by atoms with Gasteiger partial charge in [-0.3, -0.25) is 4.79 Å². The Kier molecular flexibility index (Phi) is 7.40. The molecule has 192 valence electrons. The van der Waals surface area contributed by atoms with Crippen molar-refractivity contribution in [1.82, 2.24) is 9.62 Å². The molecule has 35 heavy (non-hydrogen) atoms. The van der Waals surface area contributed by atoms with E-state index in [9.17, 15) is 35.9 Å². The highest BCUT2D eigenvalue weighted by Crippen LogP contribution is 2.35. The Morgan fingerprint density at radius 3 is 2.26 bits per heavy atom. The molecule has 1 heterocycles. The van der Waals surface area contributed by atoms with Crippen LogP contribution < -0.4 is 4.72 Å². The number of hydrogen-bond acceptors (Lipinski definition) is 4. The van der Waals surface area contributed by atoms with E-state index in [0.717, 1.165) is 29.8 Å². The normalized spacial score (nSPS) is 28.0. The van der Waals surface area contributed by atoms with E-state index >= 15 is 0 Å². The van der Waals surface area contributed by atoms with Crippen LogP contribution in [-0.4, -0.2) is 49.1 Å². The van der Waals surface area contributed by atoms with Gasteiger partial charge in [0.15, 0.2) is 0 Å². The van der Waals surface area contributed by atoms with Gasteiger partial charge in [-0.2, -0.15) is 13.2 Å².